The van der Waals surface area contributed by atoms with Gasteiger partial charge >= 0.3 is 5.97 Å². The lowest BCUT2D eigenvalue weighted by molar-refractivity contribution is -0.148. The number of phenols is 1. The van der Waals surface area contributed by atoms with Crippen molar-refractivity contribution < 1.29 is 111 Å². The van der Waals surface area contributed by atoms with Gasteiger partial charge in [0, 0.05) is 74.1 Å². The van der Waals surface area contributed by atoms with Crippen molar-refractivity contribution in [3.63, 3.8) is 0 Å². The number of nitrogens with zero attached hydrogens (tertiary/aromatic N) is 4. The Balaban J connectivity index is 1.10. The van der Waals surface area contributed by atoms with Crippen LogP contribution in [0.1, 0.15) is 121 Å². The SMILES string of the molecule is COc1ccc(C[C@H](NC(=O)[C@H](Cc2cnc[nH]2)NC(=O)CNC(=O)[C@@H](NC(=O)[C@H](NC(=O)[C@H](Cc2ccccc2)NC(=O)[C@H](CCCN=C(N)N)NC(=O)[C@@H](N)CCC(N)=O)C(C)(C)S)[C@@H](C)O)C(=O)NCC(=O)NCC(=O)N[C@@H](CC(C)C)C(=O)N[C@@H](Cc2ccc(O)cc2)C(=O)N2CCC[C@H]2C(=O)N[C@H](CS)C(=O)N[C@@H](CC(N)=O)C(=O)NCC(=O)N2CCC[C@H]2C(=O)O)cc1. The van der Waals surface area contributed by atoms with E-state index in [2.05, 4.69) is 115 Å². The number of carboxylic acids is 1. The molecule has 47 nitrogen and oxygen atoms in total. The number of primary amides is 2. The molecule has 0 spiro atoms. The first-order valence-corrected chi connectivity index (χ1v) is 44.2. The maximum Gasteiger partial charge on any atom is 0.326 e. The second-order valence-electron chi connectivity index (χ2n) is 33.1. The fourth-order valence-electron chi connectivity index (χ4n) is 14.3. The van der Waals surface area contributed by atoms with Gasteiger partial charge in [0.1, 0.15) is 84.0 Å². The van der Waals surface area contributed by atoms with E-state index in [4.69, 9.17) is 33.4 Å². The Hall–Kier alpha value is -13.7. The molecule has 3 aromatic carbocycles. The zero-order valence-electron chi connectivity index (χ0n) is 75.0. The lowest BCUT2D eigenvalue weighted by Gasteiger charge is -2.33. The Morgan fingerprint density at radius 3 is 1.63 bits per heavy atom. The third-order valence-corrected chi connectivity index (χ3v) is 21.9. The number of phenolic OH excluding ortho intramolecular Hbond substituents is 1. The van der Waals surface area contributed by atoms with Gasteiger partial charge in [0.15, 0.2) is 5.96 Å². The number of likely N-dealkylation sites (tertiary alicyclic amines) is 2. The van der Waals surface area contributed by atoms with Gasteiger partial charge in [-0.25, -0.2) is 9.78 Å². The fourth-order valence-corrected chi connectivity index (χ4v) is 14.7. The molecule has 2 aliphatic heterocycles. The molecule has 2 saturated heterocycles. The van der Waals surface area contributed by atoms with Gasteiger partial charge in [0.25, 0.3) is 0 Å². The zero-order valence-corrected chi connectivity index (χ0v) is 76.7. The predicted octanol–water partition coefficient (Wildman–Crippen LogP) is -7.64. The molecule has 1 aromatic heterocycles. The van der Waals surface area contributed by atoms with Gasteiger partial charge in [-0.2, -0.15) is 25.3 Å². The van der Waals surface area contributed by atoms with E-state index in [9.17, 15) is 106 Å². The van der Waals surface area contributed by atoms with Gasteiger partial charge in [-0.1, -0.05) is 68.4 Å². The number of hydrogen-bond donors (Lipinski definition) is 25. The molecule has 18 amide bonds. The van der Waals surface area contributed by atoms with Crippen molar-refractivity contribution in [2.24, 2.45) is 39.6 Å². The minimum Gasteiger partial charge on any atom is -0.508 e. The van der Waals surface area contributed by atoms with Crippen LogP contribution in [0.3, 0.4) is 0 Å². The Kier molecular flexibility index (Phi) is 43.7. The number of nitrogens with two attached hydrogens (primary N) is 5. The second-order valence-corrected chi connectivity index (χ2v) is 34.6. The number of nitrogens with one attached hydrogen (secondary N) is 15. The number of aliphatic hydroxyl groups excluding tert-OH is 1. The Morgan fingerprint density at radius 1 is 0.545 bits per heavy atom. The van der Waals surface area contributed by atoms with Crippen molar-refractivity contribution in [1.29, 1.82) is 0 Å². The number of carboxylic acid groups (broad SMARTS) is 1. The molecule has 49 heteroatoms. The number of H-pyrrole nitrogens is 1. The van der Waals surface area contributed by atoms with Crippen LogP contribution >= 0.6 is 25.3 Å². The van der Waals surface area contributed by atoms with Gasteiger partial charge in [-0.15, -0.1) is 0 Å². The number of guanidine groups is 1. The zero-order chi connectivity index (χ0) is 99.2. The summed E-state index contributed by atoms with van der Waals surface area (Å²) in [5, 5.41) is 65.5. The molecule has 2 aliphatic rings. The summed E-state index contributed by atoms with van der Waals surface area (Å²) < 4.78 is 3.82. The molecular weight excluding hydrogens is 1790 g/mol. The molecular formula is C85H122N24O23S2. The Morgan fingerprint density at radius 2 is 1.05 bits per heavy atom. The monoisotopic (exact) mass is 1910 g/mol. The molecule has 134 heavy (non-hydrogen) atoms. The number of aromatic hydroxyl groups is 1. The van der Waals surface area contributed by atoms with Crippen molar-refractivity contribution in [2.75, 3.05) is 58.7 Å². The first kappa shape index (κ1) is 109. The molecule has 14 atom stereocenters. The highest BCUT2D eigenvalue weighted by molar-refractivity contribution is 7.81. The van der Waals surface area contributed by atoms with Crippen LogP contribution in [0.4, 0.5) is 0 Å². The number of benzene rings is 3. The molecule has 0 unspecified atom stereocenters. The fraction of sp³-hybridized carbons (Fsp3) is 0.518. The van der Waals surface area contributed by atoms with E-state index in [1.807, 2.05) is 0 Å². The molecule has 0 radical (unpaired) electrons. The maximum atomic E-state index is 14.9. The summed E-state index contributed by atoms with van der Waals surface area (Å²) in [6, 6.07) is 1.09. The van der Waals surface area contributed by atoms with E-state index in [0.717, 1.165) is 11.8 Å². The normalized spacial score (nSPS) is 16.1. The number of carbonyl (C=O) groups excluding carboxylic acids is 18. The van der Waals surface area contributed by atoms with Crippen LogP contribution in [-0.2, 0) is 117 Å². The van der Waals surface area contributed by atoms with E-state index in [1.54, 1.807) is 68.4 Å². The van der Waals surface area contributed by atoms with Crippen molar-refractivity contribution >= 4 is 144 Å². The number of amides is 18. The number of aliphatic imine (C=N–C) groups is 1. The average Bonchev–Trinajstić information content (AvgIpc) is 1.73. The van der Waals surface area contributed by atoms with E-state index >= 15 is 0 Å². The summed E-state index contributed by atoms with van der Waals surface area (Å²) in [6.07, 6.45) is -0.344. The average molecular weight is 1910 g/mol. The number of aliphatic carboxylic acids is 1. The van der Waals surface area contributed by atoms with Crippen molar-refractivity contribution in [1.82, 2.24) is 94.2 Å². The number of aromatic amines is 1. The number of carbonyl (C=O) groups is 19. The number of rotatable bonds is 54. The lowest BCUT2D eigenvalue weighted by Crippen LogP contribution is -2.64. The van der Waals surface area contributed by atoms with Gasteiger partial charge in [-0.3, -0.25) is 91.3 Å². The number of aromatic nitrogens is 2. The first-order chi connectivity index (χ1) is 63.3. The molecule has 0 aliphatic carbocycles. The predicted molar refractivity (Wildman–Crippen MR) is 488 cm³/mol. The molecule has 0 bridgehead atoms. The summed E-state index contributed by atoms with van der Waals surface area (Å²) in [5.41, 5.74) is 29.4. The number of thiol groups is 2. The van der Waals surface area contributed by atoms with Crippen LogP contribution in [0.25, 0.3) is 0 Å². The summed E-state index contributed by atoms with van der Waals surface area (Å²) in [5.74, 6) is -18.7. The van der Waals surface area contributed by atoms with Crippen molar-refractivity contribution in [2.45, 2.75) is 214 Å². The van der Waals surface area contributed by atoms with Crippen LogP contribution in [0.5, 0.6) is 11.5 Å². The van der Waals surface area contributed by atoms with Gasteiger partial charge in [-0.05, 0) is 119 Å². The van der Waals surface area contributed by atoms with Gasteiger partial charge in [0.2, 0.25) is 106 Å². The van der Waals surface area contributed by atoms with Crippen LogP contribution in [0.2, 0.25) is 0 Å². The van der Waals surface area contributed by atoms with Crippen molar-refractivity contribution in [3.8, 4) is 11.5 Å². The largest absolute Gasteiger partial charge is 0.508 e. The van der Waals surface area contributed by atoms with Gasteiger partial charge in [0.05, 0.1) is 58.2 Å². The standard InChI is InChI=1S/C85H122N24O23S2/c1-44(2)31-54(75(122)104-59(34-47-18-22-50(111)23-19-47)82(129)109-30-11-16-61(109)79(126)105-60(42-133)78(125)103-58(36-64(88)113)73(120)96-41-68(117)108-29-12-17-62(108)83(130)131)98-66(115)39-93-65(114)38-94-72(119)55(33-48-20-24-51(132-6)25-21-48)101-76(123)57(35-49-37-91-43-97-49)99-67(116)40-95-80(127)69(45(3)110)106-81(128)70(85(4,5)134)107-77(124)56(32-46-13-8-7-9-14-46)102-74(121)53(15-10-28-92-84(89)90)100-71(118)52(86)26-27-63(87)112/h7-9,13-14,18-25,37,43-45,52-62,69-70,110-111,133-134H,10-12,15-17,26-36,38-42,86H2,1-6H3,(H2,87,112)(H2,88,113)(H,91,97)(H,93,114)(H,94,119)(H,95,127)(H,96,120)(H,98,115)(H,99,116)(H,100,118)(H,101,123)(H,102,121)(H,103,125)(H,104,122)(H,105,126)(H,106,128)(H,107,124)(H,130,131)(H4,89,90,92)/t45-,52+,53+,54+,55+,56+,57+,58+,59+,60-,61+,62+,69+,70+/m1/s1. The first-order valence-electron chi connectivity index (χ1n) is 43.1. The minimum atomic E-state index is -1.86. The minimum absolute atomic E-state index is 0.0264. The summed E-state index contributed by atoms with van der Waals surface area (Å²) >= 11 is 8.82. The summed E-state index contributed by atoms with van der Waals surface area (Å²) in [4.78, 5) is 273. The van der Waals surface area contributed by atoms with Crippen LogP contribution in [-0.4, -0.2) is 301 Å². The molecule has 0 saturated carbocycles. The lowest BCUT2D eigenvalue weighted by atomic mass is 9.99. The number of methoxy groups -OCH3 is 1. The molecule has 6 rings (SSSR count). The van der Waals surface area contributed by atoms with Gasteiger partial charge < -0.3 is 138 Å². The van der Waals surface area contributed by atoms with E-state index in [-0.39, 0.29) is 120 Å². The van der Waals surface area contributed by atoms with Crippen LogP contribution in [0, 0.1) is 5.92 Å². The maximum absolute atomic E-state index is 14.9. The summed E-state index contributed by atoms with van der Waals surface area (Å²) in [6.45, 7) is 4.37. The van der Waals surface area contributed by atoms with E-state index in [1.165, 1.54) is 62.6 Å². The molecule has 732 valence electrons. The van der Waals surface area contributed by atoms with E-state index < -0.39 is 240 Å². The highest BCUT2D eigenvalue weighted by Gasteiger charge is 2.44. The van der Waals surface area contributed by atoms with Crippen LogP contribution in [0.15, 0.2) is 96.4 Å². The van der Waals surface area contributed by atoms with Crippen molar-refractivity contribution in [3.05, 3.63) is 114 Å². The topological polar surface area (TPSA) is 740 Å². The highest BCUT2D eigenvalue weighted by Crippen LogP contribution is 2.24. The Bertz CT molecular complexity index is 4790. The number of ether oxygens (including phenoxy) is 1. The molecule has 3 heterocycles. The smallest absolute Gasteiger partial charge is 0.326 e. The molecule has 2 fully saturated rings. The van der Waals surface area contributed by atoms with Crippen LogP contribution < -0.4 is 108 Å². The molecule has 28 N–H and O–H groups in total. The summed E-state index contributed by atoms with van der Waals surface area (Å²) in [7, 11) is 1.42. The highest BCUT2D eigenvalue weighted by atomic mass is 32.1. The Labute approximate surface area is 782 Å². The molecule has 4 aromatic rings. The number of imidazole rings is 1. The third-order valence-electron chi connectivity index (χ3n) is 21.3. The second kappa shape index (κ2) is 53.7. The third kappa shape index (κ3) is 36.5. The quantitative estimate of drug-likeness (QED) is 0.00845. The number of hydrogen-bond acceptors (Lipinski definition) is 27. The van der Waals surface area contributed by atoms with E-state index in [0.29, 0.717) is 28.9 Å². The number of aliphatic hydroxyl groups is 1.